The molecular weight excluding hydrogens is 357 g/mol. The van der Waals surface area contributed by atoms with Crippen LogP contribution >= 0.6 is 0 Å². The Balaban J connectivity index is 2.40. The molecule has 0 fully saturated rings. The van der Waals surface area contributed by atoms with E-state index in [1.165, 1.54) is 6.92 Å². The van der Waals surface area contributed by atoms with Gasteiger partial charge < -0.3 is 5.32 Å². The molecule has 0 aromatic carbocycles. The van der Waals surface area contributed by atoms with Crippen LogP contribution in [0.5, 0.6) is 0 Å². The lowest BCUT2D eigenvalue weighted by atomic mass is 9.92. The molecule has 0 aliphatic carbocycles. The van der Waals surface area contributed by atoms with Crippen LogP contribution in [0.4, 0.5) is 19.0 Å². The van der Waals surface area contributed by atoms with Crippen LogP contribution in [0.3, 0.4) is 0 Å². The minimum absolute atomic E-state index is 0.0141. The monoisotopic (exact) mass is 382 g/mol. The molecule has 2 rings (SSSR count). The summed E-state index contributed by atoms with van der Waals surface area (Å²) in [5, 5.41) is 7.37. The Labute approximate surface area is 157 Å². The molecule has 2 heterocycles. The standard InChI is InChI=1S/C19H25F3N4O/c1-11-12(8-9-13(23-11)19(20,21)22)16(27)24-15-10-14(17(2,3)4)25-26(15)18(5,6)7/h8-10H,1-7H3,(H,24,27). The molecule has 2 aromatic heterocycles. The topological polar surface area (TPSA) is 59.8 Å². The van der Waals surface area contributed by atoms with E-state index in [0.717, 1.165) is 17.8 Å². The summed E-state index contributed by atoms with van der Waals surface area (Å²) < 4.78 is 40.0. The predicted octanol–water partition coefficient (Wildman–Crippen LogP) is 4.91. The summed E-state index contributed by atoms with van der Waals surface area (Å²) in [6.07, 6.45) is -4.55. The fourth-order valence-corrected chi connectivity index (χ4v) is 2.49. The molecule has 0 radical (unpaired) electrons. The van der Waals surface area contributed by atoms with E-state index in [2.05, 4.69) is 15.4 Å². The van der Waals surface area contributed by atoms with Crippen molar-refractivity contribution < 1.29 is 18.0 Å². The third kappa shape index (κ3) is 4.67. The SMILES string of the molecule is Cc1nc(C(F)(F)F)ccc1C(=O)Nc1cc(C(C)(C)C)nn1C(C)(C)C. The number of alkyl halides is 3. The van der Waals surface area contributed by atoms with Crippen molar-refractivity contribution in [1.82, 2.24) is 14.8 Å². The number of hydrogen-bond donors (Lipinski definition) is 1. The van der Waals surface area contributed by atoms with Crippen molar-refractivity contribution in [3.63, 3.8) is 0 Å². The molecule has 0 atom stereocenters. The molecule has 27 heavy (non-hydrogen) atoms. The molecule has 2 aromatic rings. The third-order valence-corrected chi connectivity index (χ3v) is 3.98. The second-order valence-corrected chi connectivity index (χ2v) is 8.53. The van der Waals surface area contributed by atoms with Gasteiger partial charge >= 0.3 is 6.18 Å². The second-order valence-electron chi connectivity index (χ2n) is 8.53. The van der Waals surface area contributed by atoms with Gasteiger partial charge in [-0.25, -0.2) is 9.67 Å². The number of amides is 1. The summed E-state index contributed by atoms with van der Waals surface area (Å²) in [4.78, 5) is 16.2. The summed E-state index contributed by atoms with van der Waals surface area (Å²) >= 11 is 0. The Kier molecular flexibility index (Phi) is 5.16. The van der Waals surface area contributed by atoms with Gasteiger partial charge in [0.1, 0.15) is 11.5 Å². The fraction of sp³-hybridized carbons (Fsp3) is 0.526. The lowest BCUT2D eigenvalue weighted by Crippen LogP contribution is -2.27. The minimum Gasteiger partial charge on any atom is -0.307 e. The van der Waals surface area contributed by atoms with Gasteiger partial charge in [-0.3, -0.25) is 4.79 Å². The Morgan fingerprint density at radius 3 is 2.07 bits per heavy atom. The number of carbonyl (C=O) groups excluding carboxylic acids is 1. The van der Waals surface area contributed by atoms with Crippen LogP contribution in [0.1, 0.15) is 69.0 Å². The maximum atomic E-state index is 12.8. The van der Waals surface area contributed by atoms with Crippen LogP contribution in [-0.4, -0.2) is 20.7 Å². The molecule has 0 aliphatic heterocycles. The number of halogens is 3. The Morgan fingerprint density at radius 2 is 1.63 bits per heavy atom. The molecule has 0 bridgehead atoms. The zero-order chi connectivity index (χ0) is 20.8. The van der Waals surface area contributed by atoms with Crippen LogP contribution in [-0.2, 0) is 17.1 Å². The second kappa shape index (κ2) is 6.65. The number of nitrogens with one attached hydrogen (secondary N) is 1. The van der Waals surface area contributed by atoms with Crippen LogP contribution in [0, 0.1) is 6.92 Å². The molecule has 0 aliphatic rings. The molecule has 0 saturated heterocycles. The van der Waals surface area contributed by atoms with Gasteiger partial charge in [0.25, 0.3) is 5.91 Å². The molecule has 0 spiro atoms. The Hall–Kier alpha value is -2.38. The zero-order valence-corrected chi connectivity index (χ0v) is 16.6. The summed E-state index contributed by atoms with van der Waals surface area (Å²) in [7, 11) is 0. The van der Waals surface area contributed by atoms with Gasteiger partial charge in [0, 0.05) is 11.5 Å². The van der Waals surface area contributed by atoms with Crippen LogP contribution in [0.25, 0.3) is 0 Å². The first kappa shape index (κ1) is 20.9. The van der Waals surface area contributed by atoms with E-state index in [9.17, 15) is 18.0 Å². The Bertz CT molecular complexity index is 855. The van der Waals surface area contributed by atoms with E-state index < -0.39 is 17.8 Å². The van der Waals surface area contributed by atoms with Crippen LogP contribution in [0.15, 0.2) is 18.2 Å². The van der Waals surface area contributed by atoms with E-state index in [4.69, 9.17) is 0 Å². The van der Waals surface area contributed by atoms with Crippen molar-refractivity contribution in [3.05, 3.63) is 40.8 Å². The normalized spacial score (nSPS) is 13.0. The highest BCUT2D eigenvalue weighted by Crippen LogP contribution is 2.30. The van der Waals surface area contributed by atoms with E-state index >= 15 is 0 Å². The first-order chi connectivity index (χ1) is 12.1. The van der Waals surface area contributed by atoms with Gasteiger partial charge in [-0.05, 0) is 39.8 Å². The van der Waals surface area contributed by atoms with Crippen molar-refractivity contribution in [2.75, 3.05) is 5.32 Å². The number of rotatable bonds is 2. The molecule has 148 valence electrons. The minimum atomic E-state index is -4.55. The lowest BCUT2D eigenvalue weighted by molar-refractivity contribution is -0.141. The maximum Gasteiger partial charge on any atom is 0.433 e. The summed E-state index contributed by atoms with van der Waals surface area (Å²) in [5.41, 5.74) is -0.732. The predicted molar refractivity (Wildman–Crippen MR) is 97.9 cm³/mol. The van der Waals surface area contributed by atoms with E-state index in [1.807, 2.05) is 41.5 Å². The van der Waals surface area contributed by atoms with Crippen LogP contribution in [0.2, 0.25) is 0 Å². The number of hydrogen-bond acceptors (Lipinski definition) is 3. The van der Waals surface area contributed by atoms with Crippen molar-refractivity contribution in [1.29, 1.82) is 0 Å². The van der Waals surface area contributed by atoms with E-state index in [-0.39, 0.29) is 22.2 Å². The Morgan fingerprint density at radius 1 is 1.04 bits per heavy atom. The summed E-state index contributed by atoms with van der Waals surface area (Å²) in [5.74, 6) is -0.0451. The summed E-state index contributed by atoms with van der Waals surface area (Å²) in [6.45, 7) is 13.3. The first-order valence-electron chi connectivity index (χ1n) is 8.58. The largest absolute Gasteiger partial charge is 0.433 e. The highest BCUT2D eigenvalue weighted by Gasteiger charge is 2.33. The lowest BCUT2D eigenvalue weighted by Gasteiger charge is -2.23. The van der Waals surface area contributed by atoms with E-state index in [1.54, 1.807) is 10.7 Å². The highest BCUT2D eigenvalue weighted by molar-refractivity contribution is 6.04. The summed E-state index contributed by atoms with van der Waals surface area (Å²) in [6, 6.07) is 3.74. The number of anilines is 1. The highest BCUT2D eigenvalue weighted by atomic mass is 19.4. The number of nitrogens with zero attached hydrogens (tertiary/aromatic N) is 3. The molecule has 1 N–H and O–H groups in total. The van der Waals surface area contributed by atoms with Gasteiger partial charge in [0.2, 0.25) is 0 Å². The van der Waals surface area contributed by atoms with Crippen molar-refractivity contribution in [2.45, 2.75) is 65.6 Å². The van der Waals surface area contributed by atoms with Crippen molar-refractivity contribution >= 4 is 11.7 Å². The van der Waals surface area contributed by atoms with Gasteiger partial charge in [-0.2, -0.15) is 18.3 Å². The molecule has 8 heteroatoms. The molecule has 0 saturated carbocycles. The average Bonchev–Trinajstić information content (AvgIpc) is 2.90. The smallest absolute Gasteiger partial charge is 0.307 e. The quantitative estimate of drug-likeness (QED) is 0.803. The van der Waals surface area contributed by atoms with Gasteiger partial charge in [-0.15, -0.1) is 0 Å². The molecule has 1 amide bonds. The van der Waals surface area contributed by atoms with Gasteiger partial charge in [0.15, 0.2) is 0 Å². The molecule has 0 unspecified atom stereocenters. The van der Waals surface area contributed by atoms with E-state index in [0.29, 0.717) is 5.82 Å². The molecular formula is C19H25F3N4O. The maximum absolute atomic E-state index is 12.8. The first-order valence-corrected chi connectivity index (χ1v) is 8.58. The number of aromatic nitrogens is 3. The van der Waals surface area contributed by atoms with Gasteiger partial charge in [0.05, 0.1) is 22.5 Å². The third-order valence-electron chi connectivity index (χ3n) is 3.98. The van der Waals surface area contributed by atoms with Crippen LogP contribution < -0.4 is 5.32 Å². The van der Waals surface area contributed by atoms with Crippen molar-refractivity contribution in [3.8, 4) is 0 Å². The number of pyridine rings is 1. The molecule has 5 nitrogen and oxygen atoms in total. The van der Waals surface area contributed by atoms with Crippen molar-refractivity contribution in [2.24, 2.45) is 0 Å². The average molecular weight is 382 g/mol. The number of carbonyl (C=O) groups is 1. The number of aryl methyl sites for hydroxylation is 1. The zero-order valence-electron chi connectivity index (χ0n) is 16.6. The van der Waals surface area contributed by atoms with Gasteiger partial charge in [-0.1, -0.05) is 20.8 Å². The fourth-order valence-electron chi connectivity index (χ4n) is 2.49.